The zero-order valence-corrected chi connectivity index (χ0v) is 10.0. The summed E-state index contributed by atoms with van der Waals surface area (Å²) in [5.41, 5.74) is 0. The minimum Gasteiger partial charge on any atom is -0.822 e. The molecular formula is H8N2O8P2Ti. The summed E-state index contributed by atoms with van der Waals surface area (Å²) < 4.78 is 17.1. The molecule has 0 radical (unpaired) electrons. The van der Waals surface area contributed by atoms with E-state index in [1.165, 1.54) is 0 Å². The van der Waals surface area contributed by atoms with Gasteiger partial charge >= 0.3 is 21.7 Å². The van der Waals surface area contributed by atoms with Crippen LogP contribution in [-0.2, 0) is 30.8 Å². The summed E-state index contributed by atoms with van der Waals surface area (Å²) in [5.74, 6) is 0. The summed E-state index contributed by atoms with van der Waals surface area (Å²) in [4.78, 5) is 51.3. The molecule has 13 heteroatoms. The molecule has 10 nitrogen and oxygen atoms in total. The molecule has 0 heterocycles. The molecule has 0 aromatic rings. The van der Waals surface area contributed by atoms with Crippen LogP contribution in [0.1, 0.15) is 0 Å². The van der Waals surface area contributed by atoms with Crippen molar-refractivity contribution in [2.45, 2.75) is 0 Å². The Morgan fingerprint density at radius 3 is 0.615 bits per heavy atom. The zero-order valence-electron chi connectivity index (χ0n) is 6.66. The van der Waals surface area contributed by atoms with Gasteiger partial charge < -0.3 is 50.8 Å². The van der Waals surface area contributed by atoms with Crippen LogP contribution in [-0.4, -0.2) is 0 Å². The van der Waals surface area contributed by atoms with Gasteiger partial charge in [-0.15, -0.1) is 0 Å². The van der Waals surface area contributed by atoms with E-state index in [0.29, 0.717) is 0 Å². The molecule has 0 saturated heterocycles. The molecule has 0 bridgehead atoms. The van der Waals surface area contributed by atoms with Gasteiger partial charge in [0.15, 0.2) is 0 Å². The molecule has 0 aromatic heterocycles. The van der Waals surface area contributed by atoms with E-state index < -0.39 is 15.6 Å². The van der Waals surface area contributed by atoms with Gasteiger partial charge in [0, 0.05) is 0 Å². The number of quaternary nitrogens is 2. The first kappa shape index (κ1) is 29.2. The van der Waals surface area contributed by atoms with Gasteiger partial charge in [-0.25, -0.2) is 0 Å². The first-order chi connectivity index (χ1) is 4.00. The Morgan fingerprint density at radius 2 is 0.615 bits per heavy atom. The molecule has 0 amide bonds. The zero-order chi connectivity index (χ0) is 9.00. The largest absolute Gasteiger partial charge is 4.00 e. The smallest absolute Gasteiger partial charge is 0.822 e. The SMILES string of the molecule is O=P([O-])([O-])[O-].O=P([O-])([O-])[O-].[NH4+].[NH4+].[Ti+4]. The van der Waals surface area contributed by atoms with Crippen LogP contribution in [0.4, 0.5) is 0 Å². The molecule has 0 spiro atoms. The third-order valence-corrected chi connectivity index (χ3v) is 0. The third kappa shape index (κ3) is 2080. The molecular weight excluding hydrogens is 266 g/mol. The van der Waals surface area contributed by atoms with Crippen LogP contribution in [0.3, 0.4) is 0 Å². The molecule has 0 saturated carbocycles. The standard InChI is InChI=1S/2H3N.2H3O4P.Ti/c;;2*1-5(2,3)4;/h2*1H3;2*(H3,1,2,3,4);/q;;;;+4/p-4. The minimum absolute atomic E-state index is 0. The summed E-state index contributed by atoms with van der Waals surface area (Å²) in [6, 6.07) is 0. The van der Waals surface area contributed by atoms with E-state index in [1.54, 1.807) is 0 Å². The minimum atomic E-state index is -5.39. The molecule has 0 aromatic carbocycles. The average Bonchev–Trinajstić information content (AvgIpc) is 1.12. The van der Waals surface area contributed by atoms with Crippen molar-refractivity contribution in [1.29, 1.82) is 0 Å². The number of rotatable bonds is 0. The summed E-state index contributed by atoms with van der Waals surface area (Å²) in [7, 11) is -10.8. The summed E-state index contributed by atoms with van der Waals surface area (Å²) in [6.07, 6.45) is 0. The van der Waals surface area contributed by atoms with Crippen LogP contribution in [0, 0.1) is 0 Å². The molecule has 0 atom stereocenters. The van der Waals surface area contributed by atoms with E-state index in [4.69, 9.17) is 38.5 Å². The van der Waals surface area contributed by atoms with E-state index >= 15 is 0 Å². The van der Waals surface area contributed by atoms with E-state index in [-0.39, 0.29) is 34.0 Å². The van der Waals surface area contributed by atoms with Gasteiger partial charge in [-0.05, 0) is 0 Å². The molecule has 0 unspecified atom stereocenters. The summed E-state index contributed by atoms with van der Waals surface area (Å²) in [6.45, 7) is 0. The topological polar surface area (TPSA) is 246 Å². The van der Waals surface area contributed by atoms with Gasteiger partial charge in [-0.2, -0.15) is 15.6 Å². The normalized spacial score (nSPS) is 9.08. The average molecular weight is 274 g/mol. The maximum atomic E-state index is 8.55. The third-order valence-electron chi connectivity index (χ3n) is 0. The predicted octanol–water partition coefficient (Wildman–Crippen LogP) is -4.90. The Kier molecular flexibility index (Phi) is 24.6. The van der Waals surface area contributed by atoms with Crippen LogP contribution in [0.15, 0.2) is 0 Å². The van der Waals surface area contributed by atoms with Crippen molar-refractivity contribution < 1.29 is 60.2 Å². The monoisotopic (exact) mass is 274 g/mol. The molecule has 0 fully saturated rings. The Bertz CT molecular complexity index is 132. The quantitative estimate of drug-likeness (QED) is 0.319. The van der Waals surface area contributed by atoms with Crippen molar-refractivity contribution in [1.82, 2.24) is 12.3 Å². The fraction of sp³-hybridized carbons (Fsp3) is 0. The molecule has 8 N–H and O–H groups in total. The second kappa shape index (κ2) is 10.9. The summed E-state index contributed by atoms with van der Waals surface area (Å²) >= 11 is 0. The van der Waals surface area contributed by atoms with Crippen molar-refractivity contribution in [2.75, 3.05) is 0 Å². The van der Waals surface area contributed by atoms with Gasteiger partial charge in [0.25, 0.3) is 0 Å². The molecule has 80 valence electrons. The number of hydrogen-bond donors (Lipinski definition) is 2. The van der Waals surface area contributed by atoms with Crippen LogP contribution >= 0.6 is 15.6 Å². The van der Waals surface area contributed by atoms with Gasteiger partial charge in [0.1, 0.15) is 0 Å². The van der Waals surface area contributed by atoms with Gasteiger partial charge in [-0.3, -0.25) is 0 Å². The number of phosphoric acid groups is 2. The van der Waals surface area contributed by atoms with Crippen LogP contribution in [0.25, 0.3) is 0 Å². The van der Waals surface area contributed by atoms with Crippen molar-refractivity contribution in [2.24, 2.45) is 0 Å². The first-order valence-electron chi connectivity index (χ1n) is 1.46. The maximum Gasteiger partial charge on any atom is 4.00 e. The molecule has 0 aliphatic heterocycles. The molecule has 0 rings (SSSR count). The van der Waals surface area contributed by atoms with Crippen LogP contribution in [0.5, 0.6) is 0 Å². The van der Waals surface area contributed by atoms with Gasteiger partial charge in [0.05, 0.1) is 0 Å². The Morgan fingerprint density at radius 1 is 0.615 bits per heavy atom. The maximum absolute atomic E-state index is 8.55. The second-order valence-corrected chi connectivity index (χ2v) is 2.68. The fourth-order valence-electron chi connectivity index (χ4n) is 0. The van der Waals surface area contributed by atoms with E-state index in [0.717, 1.165) is 0 Å². The van der Waals surface area contributed by atoms with Gasteiger partial charge in [-0.1, -0.05) is 0 Å². The number of hydrogen-bond acceptors (Lipinski definition) is 8. The van der Waals surface area contributed by atoms with Crippen molar-refractivity contribution >= 4 is 15.6 Å². The van der Waals surface area contributed by atoms with E-state index in [2.05, 4.69) is 0 Å². The second-order valence-electron chi connectivity index (χ2n) is 0.894. The Hall–Kier alpha value is 0.854. The summed E-state index contributed by atoms with van der Waals surface area (Å²) in [5, 5.41) is 0. The molecule has 13 heavy (non-hydrogen) atoms. The van der Waals surface area contributed by atoms with Crippen LogP contribution in [0.2, 0.25) is 0 Å². The van der Waals surface area contributed by atoms with Crippen molar-refractivity contribution in [3.05, 3.63) is 0 Å². The van der Waals surface area contributed by atoms with Crippen molar-refractivity contribution in [3.63, 3.8) is 0 Å². The van der Waals surface area contributed by atoms with E-state index in [9.17, 15) is 0 Å². The fourth-order valence-corrected chi connectivity index (χ4v) is 0. The first-order valence-corrected chi connectivity index (χ1v) is 4.38. The molecule has 0 aliphatic carbocycles. The van der Waals surface area contributed by atoms with Crippen molar-refractivity contribution in [3.8, 4) is 0 Å². The predicted molar refractivity (Wildman–Crippen MR) is 27.2 cm³/mol. The van der Waals surface area contributed by atoms with Crippen LogP contribution < -0.4 is 41.7 Å². The Labute approximate surface area is 88.5 Å². The van der Waals surface area contributed by atoms with E-state index in [1.807, 2.05) is 0 Å². The van der Waals surface area contributed by atoms with Gasteiger partial charge in [0.2, 0.25) is 0 Å². The Balaban J connectivity index is -0.0000000267. The molecule has 0 aliphatic rings.